The topological polar surface area (TPSA) is 237 Å². The second-order valence-corrected chi connectivity index (χ2v) is 29.1. The number of aliphatic hydroxyl groups is 1. The predicted molar refractivity (Wildman–Crippen MR) is 445 cm³/mol. The molecule has 0 aromatic rings. The first kappa shape index (κ1) is 102. The van der Waals surface area contributed by atoms with Crippen LogP contribution in [-0.2, 0) is 65.4 Å². The van der Waals surface area contributed by atoms with E-state index in [0.717, 1.165) is 205 Å². The van der Waals surface area contributed by atoms with Crippen molar-refractivity contribution >= 4 is 39.5 Å². The minimum Gasteiger partial charge on any atom is -0.462 e. The van der Waals surface area contributed by atoms with E-state index in [0.29, 0.717) is 25.7 Å². The van der Waals surface area contributed by atoms with Gasteiger partial charge in [0.05, 0.1) is 26.4 Å². The number of aliphatic hydroxyl groups excluding tert-OH is 1. The van der Waals surface area contributed by atoms with Crippen LogP contribution in [0.25, 0.3) is 0 Å². The molecule has 0 amide bonds. The van der Waals surface area contributed by atoms with Crippen LogP contribution in [0.1, 0.15) is 285 Å². The lowest BCUT2D eigenvalue weighted by Crippen LogP contribution is -2.30. The Kier molecular flexibility index (Phi) is 74.5. The molecule has 0 saturated carbocycles. The number of rotatable bonds is 74. The molecule has 0 heterocycles. The number of phosphoric ester groups is 2. The van der Waals surface area contributed by atoms with E-state index >= 15 is 0 Å². The Hall–Kier alpha value is -6.10. The molecule has 0 aliphatic rings. The minimum atomic E-state index is -5.01. The van der Waals surface area contributed by atoms with Gasteiger partial charge in [0.15, 0.2) is 12.2 Å². The standard InChI is InChI=1S/C89H142O17P2/c1-5-9-13-17-21-25-29-33-37-39-41-43-47-50-54-58-62-66-70-74-87(92)100-80-85(106-89(94)76-72-68-64-60-56-52-48-44-42-40-38-34-30-26-22-18-14-10-6-2)82-104-108(97,98)102-78-83(90)77-101-107(95,96)103-81-84(105-88(93)75-71-67-63-59-55-51-46-36-32-28-24-20-16-12-8-4)79-99-86(91)73-69-65-61-57-53-49-45-35-31-27-23-19-15-11-7-3/h9-16,21-28,33-38,41-46,50,53-54,57,83-85,90H,5-8,17-20,29-32,39-40,47-49,51-52,55-56,58-82H2,1-4H3,(H,95,96)(H,97,98)/b13-9-,14-10-,15-11-,16-12-,25-21-,26-22-,27-23-,28-24-,37-33-,38-34-,43-41-,44-42-,45-35-,46-36-,54-50-,57-53-. The molecule has 0 aromatic heterocycles. The van der Waals surface area contributed by atoms with Crippen LogP contribution in [0, 0.1) is 0 Å². The highest BCUT2D eigenvalue weighted by atomic mass is 31.2. The molecule has 0 spiro atoms. The fourth-order valence-corrected chi connectivity index (χ4v) is 11.6. The van der Waals surface area contributed by atoms with Crippen molar-refractivity contribution in [3.05, 3.63) is 194 Å². The summed E-state index contributed by atoms with van der Waals surface area (Å²) in [6, 6.07) is 0. The molecule has 0 aliphatic heterocycles. The number of hydrogen-bond acceptors (Lipinski definition) is 15. The van der Waals surface area contributed by atoms with Crippen molar-refractivity contribution in [3.8, 4) is 0 Å². The molecule has 5 unspecified atom stereocenters. The van der Waals surface area contributed by atoms with E-state index in [4.69, 9.17) is 37.0 Å². The summed E-state index contributed by atoms with van der Waals surface area (Å²) < 4.78 is 68.6. The molecule has 0 aromatic carbocycles. The third kappa shape index (κ3) is 78.0. The molecule has 3 N–H and O–H groups in total. The maximum absolute atomic E-state index is 13.1. The van der Waals surface area contributed by atoms with Gasteiger partial charge in [-0.1, -0.05) is 273 Å². The summed E-state index contributed by atoms with van der Waals surface area (Å²) in [5.41, 5.74) is 0. The van der Waals surface area contributed by atoms with Crippen molar-refractivity contribution in [3.63, 3.8) is 0 Å². The summed E-state index contributed by atoms with van der Waals surface area (Å²) in [5.74, 6) is -2.31. The summed E-state index contributed by atoms with van der Waals surface area (Å²) in [6.45, 7) is 4.28. The van der Waals surface area contributed by atoms with Gasteiger partial charge < -0.3 is 33.8 Å². The van der Waals surface area contributed by atoms with E-state index in [2.05, 4.69) is 222 Å². The van der Waals surface area contributed by atoms with E-state index in [-0.39, 0.29) is 25.7 Å². The van der Waals surface area contributed by atoms with Gasteiger partial charge in [0, 0.05) is 25.7 Å². The molecule has 0 fully saturated rings. The van der Waals surface area contributed by atoms with Crippen molar-refractivity contribution in [2.75, 3.05) is 39.6 Å². The maximum Gasteiger partial charge on any atom is 0.472 e. The average molecular weight is 1550 g/mol. The quantitative estimate of drug-likeness (QED) is 0.0169. The summed E-state index contributed by atoms with van der Waals surface area (Å²) in [7, 11) is -10.0. The van der Waals surface area contributed by atoms with Crippen LogP contribution in [-0.4, -0.2) is 96.7 Å². The van der Waals surface area contributed by atoms with Gasteiger partial charge in [0.25, 0.3) is 0 Å². The number of allylic oxidation sites excluding steroid dienone is 32. The molecule has 610 valence electrons. The van der Waals surface area contributed by atoms with E-state index in [1.807, 2.05) is 0 Å². The second kappa shape index (κ2) is 79.0. The van der Waals surface area contributed by atoms with Gasteiger partial charge in [-0.2, -0.15) is 0 Å². The predicted octanol–water partition coefficient (Wildman–Crippen LogP) is 24.1. The Balaban J connectivity index is 5.49. The van der Waals surface area contributed by atoms with E-state index < -0.39 is 97.5 Å². The lowest BCUT2D eigenvalue weighted by Gasteiger charge is -2.21. The zero-order valence-corrected chi connectivity index (χ0v) is 68.5. The number of hydrogen-bond donors (Lipinski definition) is 3. The molecule has 19 heteroatoms. The van der Waals surface area contributed by atoms with Gasteiger partial charge in [0.2, 0.25) is 0 Å². The van der Waals surface area contributed by atoms with Crippen LogP contribution in [0.4, 0.5) is 0 Å². The molecule has 0 bridgehead atoms. The Labute approximate surface area is 653 Å². The fraction of sp³-hybridized carbons (Fsp3) is 0.596. The van der Waals surface area contributed by atoms with Gasteiger partial charge in [0.1, 0.15) is 19.3 Å². The monoisotopic (exact) mass is 1540 g/mol. The van der Waals surface area contributed by atoms with Gasteiger partial charge >= 0.3 is 39.5 Å². The summed E-state index contributed by atoms with van der Waals surface area (Å²) in [5, 5.41) is 10.7. The van der Waals surface area contributed by atoms with Crippen molar-refractivity contribution in [2.45, 2.75) is 303 Å². The first-order chi connectivity index (χ1) is 52.7. The smallest absolute Gasteiger partial charge is 0.462 e. The lowest BCUT2D eigenvalue weighted by molar-refractivity contribution is -0.161. The number of ether oxygens (including phenoxy) is 4. The molecule has 0 saturated heterocycles. The highest BCUT2D eigenvalue weighted by molar-refractivity contribution is 7.47. The molecule has 0 radical (unpaired) electrons. The first-order valence-corrected chi connectivity index (χ1v) is 43.7. The first-order valence-electron chi connectivity index (χ1n) is 40.7. The zero-order chi connectivity index (χ0) is 78.9. The normalized spacial score (nSPS) is 14.8. The molecule has 0 aliphatic carbocycles. The van der Waals surface area contributed by atoms with Crippen LogP contribution in [0.15, 0.2) is 194 Å². The molecular formula is C89H142O17P2. The summed E-state index contributed by atoms with van der Waals surface area (Å²) in [4.78, 5) is 73.1. The molecule has 0 rings (SSSR count). The van der Waals surface area contributed by atoms with Crippen LogP contribution >= 0.6 is 15.6 Å². The zero-order valence-electron chi connectivity index (χ0n) is 66.7. The minimum absolute atomic E-state index is 0.0580. The van der Waals surface area contributed by atoms with Crippen molar-refractivity contribution in [2.24, 2.45) is 0 Å². The van der Waals surface area contributed by atoms with Crippen LogP contribution in [0.3, 0.4) is 0 Å². The largest absolute Gasteiger partial charge is 0.472 e. The number of esters is 4. The molecule has 17 nitrogen and oxygen atoms in total. The van der Waals surface area contributed by atoms with Crippen LogP contribution < -0.4 is 0 Å². The van der Waals surface area contributed by atoms with Gasteiger partial charge in [-0.05, 0) is 180 Å². The van der Waals surface area contributed by atoms with Crippen LogP contribution in [0.2, 0.25) is 0 Å². The van der Waals surface area contributed by atoms with Gasteiger partial charge in [-0.25, -0.2) is 9.13 Å². The van der Waals surface area contributed by atoms with Crippen molar-refractivity contribution in [1.29, 1.82) is 0 Å². The average Bonchev–Trinajstić information content (AvgIpc) is 0.896. The Bertz CT molecular complexity index is 2810. The van der Waals surface area contributed by atoms with E-state index in [1.165, 1.54) is 0 Å². The van der Waals surface area contributed by atoms with Gasteiger partial charge in [-0.3, -0.25) is 37.3 Å². The third-order valence-electron chi connectivity index (χ3n) is 16.0. The summed E-state index contributed by atoms with van der Waals surface area (Å²) >= 11 is 0. The Morgan fingerprint density at radius 1 is 0.259 bits per heavy atom. The second-order valence-electron chi connectivity index (χ2n) is 26.2. The van der Waals surface area contributed by atoms with E-state index in [1.54, 1.807) is 0 Å². The van der Waals surface area contributed by atoms with Crippen molar-refractivity contribution in [1.82, 2.24) is 0 Å². The van der Waals surface area contributed by atoms with Crippen LogP contribution in [0.5, 0.6) is 0 Å². The van der Waals surface area contributed by atoms with Gasteiger partial charge in [-0.15, -0.1) is 0 Å². The number of carbonyl (C=O) groups excluding carboxylic acids is 4. The third-order valence-corrected chi connectivity index (χ3v) is 17.9. The highest BCUT2D eigenvalue weighted by Gasteiger charge is 2.30. The number of unbranched alkanes of at least 4 members (excludes halogenated alkanes) is 16. The highest BCUT2D eigenvalue weighted by Crippen LogP contribution is 2.45. The molecule has 108 heavy (non-hydrogen) atoms. The fourth-order valence-electron chi connectivity index (χ4n) is 10.0. The number of carbonyl (C=O) groups is 4. The van der Waals surface area contributed by atoms with Crippen molar-refractivity contribution < 1.29 is 80.2 Å². The Morgan fingerprint density at radius 2 is 0.454 bits per heavy atom. The Morgan fingerprint density at radius 3 is 0.722 bits per heavy atom. The van der Waals surface area contributed by atoms with E-state index in [9.17, 15) is 43.2 Å². The SMILES string of the molecule is CC/C=C\C/C=C\C/C=C\C/C=C\C/C=C\CCCCCC(=O)OCC(COP(=O)(O)OCC(O)COP(=O)(O)OCC(COC(=O)CCCC/C=C\C/C=C\C/C=C\C/C=C\CC)OC(=O)CCCCCCC/C=C\C/C=C\C/C=C\CC)OC(=O)CCCCCCCC/C=C\C/C=C\C/C=C\C/C=C\CC. The summed E-state index contributed by atoms with van der Waals surface area (Å²) in [6.07, 6.45) is 96.9. The molecular weight excluding hydrogens is 1400 g/mol. The lowest BCUT2D eigenvalue weighted by atomic mass is 10.1. The molecule has 5 atom stereocenters. The maximum atomic E-state index is 13.1. The number of phosphoric acid groups is 2.